The molecule has 0 saturated carbocycles. The average molecular weight is 337 g/mol. The van der Waals surface area contributed by atoms with Crippen molar-refractivity contribution in [3.05, 3.63) is 59.7 Å². The summed E-state index contributed by atoms with van der Waals surface area (Å²) >= 11 is 0. The number of fused-ring (bicyclic) bond motifs is 1. The topological polar surface area (TPSA) is 78.3 Å². The molecule has 0 bridgehead atoms. The minimum Gasteiger partial charge on any atom is -0.472 e. The van der Waals surface area contributed by atoms with Crippen molar-refractivity contribution >= 4 is 22.7 Å². The number of amides is 2. The predicted molar refractivity (Wildman–Crippen MR) is 93.5 cm³/mol. The van der Waals surface area contributed by atoms with Gasteiger partial charge in [0.25, 0.3) is 11.8 Å². The number of aromatic amines is 1. The van der Waals surface area contributed by atoms with Crippen LogP contribution in [0.1, 0.15) is 32.8 Å². The number of aromatic nitrogens is 1. The Morgan fingerprint density at radius 1 is 1.28 bits per heavy atom. The molecule has 6 heteroatoms. The van der Waals surface area contributed by atoms with E-state index in [4.69, 9.17) is 4.42 Å². The number of nitrogens with one attached hydrogen (secondary N) is 2. The van der Waals surface area contributed by atoms with E-state index < -0.39 is 0 Å². The molecule has 1 aliphatic rings. The molecule has 25 heavy (non-hydrogen) atoms. The van der Waals surface area contributed by atoms with Gasteiger partial charge in [-0.25, -0.2) is 0 Å². The lowest BCUT2D eigenvalue weighted by Gasteiger charge is -2.16. The van der Waals surface area contributed by atoms with Gasteiger partial charge in [0, 0.05) is 30.0 Å². The van der Waals surface area contributed by atoms with Crippen molar-refractivity contribution in [3.63, 3.8) is 0 Å². The third kappa shape index (κ3) is 3.03. The Morgan fingerprint density at radius 3 is 2.96 bits per heavy atom. The molecule has 1 atom stereocenters. The summed E-state index contributed by atoms with van der Waals surface area (Å²) in [5.74, 6) is -0.206. The lowest BCUT2D eigenvalue weighted by molar-refractivity contribution is 0.0778. The standard InChI is InChI=1S/C19H19N3O3/c1-12-2-3-16-14(8-12)9-17(21-16)19(24)22-6-4-15(10-22)20-18(23)13-5-7-25-11-13/h2-3,5,7-9,11,15,21H,4,6,10H2,1H3,(H,20,23)/t15-/m0/s1. The van der Waals surface area contributed by atoms with Gasteiger partial charge in [0.15, 0.2) is 0 Å². The van der Waals surface area contributed by atoms with Crippen LogP contribution in [-0.2, 0) is 0 Å². The second-order valence-corrected chi connectivity index (χ2v) is 6.50. The van der Waals surface area contributed by atoms with E-state index >= 15 is 0 Å². The Morgan fingerprint density at radius 2 is 2.16 bits per heavy atom. The molecule has 128 valence electrons. The normalized spacial score (nSPS) is 17.2. The van der Waals surface area contributed by atoms with Gasteiger partial charge in [-0.05, 0) is 37.6 Å². The number of carbonyl (C=O) groups excluding carboxylic acids is 2. The highest BCUT2D eigenvalue weighted by atomic mass is 16.3. The molecule has 2 N–H and O–H groups in total. The van der Waals surface area contributed by atoms with E-state index in [1.165, 1.54) is 12.5 Å². The summed E-state index contributed by atoms with van der Waals surface area (Å²) in [6.07, 6.45) is 3.63. The first-order valence-corrected chi connectivity index (χ1v) is 8.32. The Kier molecular flexibility index (Phi) is 3.80. The van der Waals surface area contributed by atoms with Crippen LogP contribution in [0.3, 0.4) is 0 Å². The molecule has 1 fully saturated rings. The molecule has 1 aromatic carbocycles. The van der Waals surface area contributed by atoms with Gasteiger partial charge < -0.3 is 19.6 Å². The Hall–Kier alpha value is -3.02. The zero-order chi connectivity index (χ0) is 17.4. The summed E-state index contributed by atoms with van der Waals surface area (Å²) in [5, 5.41) is 3.98. The van der Waals surface area contributed by atoms with Crippen LogP contribution in [-0.4, -0.2) is 40.8 Å². The van der Waals surface area contributed by atoms with Crippen LogP contribution >= 0.6 is 0 Å². The third-order valence-electron chi connectivity index (χ3n) is 4.60. The summed E-state index contributed by atoms with van der Waals surface area (Å²) in [4.78, 5) is 29.8. The molecule has 0 unspecified atom stereocenters. The number of carbonyl (C=O) groups is 2. The molecule has 1 aliphatic heterocycles. The van der Waals surface area contributed by atoms with Crippen molar-refractivity contribution in [1.82, 2.24) is 15.2 Å². The average Bonchev–Trinajstić information content (AvgIpc) is 3.33. The van der Waals surface area contributed by atoms with Crippen LogP contribution in [0.25, 0.3) is 10.9 Å². The van der Waals surface area contributed by atoms with Gasteiger partial charge in [-0.3, -0.25) is 9.59 Å². The maximum atomic E-state index is 12.7. The summed E-state index contributed by atoms with van der Waals surface area (Å²) in [6.45, 7) is 3.17. The minimum atomic E-state index is -0.172. The second kappa shape index (κ2) is 6.12. The van der Waals surface area contributed by atoms with E-state index in [9.17, 15) is 9.59 Å². The molecule has 4 rings (SSSR count). The first kappa shape index (κ1) is 15.5. The van der Waals surface area contributed by atoms with E-state index in [0.717, 1.165) is 22.9 Å². The largest absolute Gasteiger partial charge is 0.472 e. The van der Waals surface area contributed by atoms with Gasteiger partial charge in [0.05, 0.1) is 11.8 Å². The number of rotatable bonds is 3. The highest BCUT2D eigenvalue weighted by Gasteiger charge is 2.29. The van der Waals surface area contributed by atoms with Gasteiger partial charge in [-0.1, -0.05) is 11.6 Å². The van der Waals surface area contributed by atoms with E-state index in [-0.39, 0.29) is 17.9 Å². The van der Waals surface area contributed by atoms with Gasteiger partial charge in [-0.15, -0.1) is 0 Å². The monoisotopic (exact) mass is 337 g/mol. The zero-order valence-electron chi connectivity index (χ0n) is 13.9. The molecule has 3 heterocycles. The molecule has 3 aromatic rings. The molecular weight excluding hydrogens is 318 g/mol. The molecule has 2 amide bonds. The lowest BCUT2D eigenvalue weighted by atomic mass is 10.2. The van der Waals surface area contributed by atoms with Gasteiger partial charge >= 0.3 is 0 Å². The number of benzene rings is 1. The van der Waals surface area contributed by atoms with Crippen molar-refractivity contribution in [2.45, 2.75) is 19.4 Å². The lowest BCUT2D eigenvalue weighted by Crippen LogP contribution is -2.38. The Labute approximate surface area is 144 Å². The molecule has 0 spiro atoms. The number of aryl methyl sites for hydroxylation is 1. The maximum Gasteiger partial charge on any atom is 0.270 e. The third-order valence-corrected chi connectivity index (χ3v) is 4.60. The summed E-state index contributed by atoms with van der Waals surface area (Å²) in [7, 11) is 0. The van der Waals surface area contributed by atoms with Gasteiger partial charge in [-0.2, -0.15) is 0 Å². The van der Waals surface area contributed by atoms with Crippen LogP contribution in [0, 0.1) is 6.92 Å². The summed E-state index contributed by atoms with van der Waals surface area (Å²) < 4.78 is 4.92. The maximum absolute atomic E-state index is 12.7. The van der Waals surface area contributed by atoms with Gasteiger partial charge in [0.1, 0.15) is 12.0 Å². The fraction of sp³-hybridized carbons (Fsp3) is 0.263. The Bertz CT molecular complexity index is 927. The highest BCUT2D eigenvalue weighted by molar-refractivity contribution is 5.98. The fourth-order valence-corrected chi connectivity index (χ4v) is 3.26. The highest BCUT2D eigenvalue weighted by Crippen LogP contribution is 2.20. The molecule has 6 nitrogen and oxygen atoms in total. The zero-order valence-corrected chi connectivity index (χ0v) is 13.9. The first-order chi connectivity index (χ1) is 12.1. The van der Waals surface area contributed by atoms with Crippen molar-refractivity contribution in [2.24, 2.45) is 0 Å². The minimum absolute atomic E-state index is 0.0334. The van der Waals surface area contributed by atoms with E-state index in [2.05, 4.69) is 16.4 Å². The quantitative estimate of drug-likeness (QED) is 0.771. The molecular formula is C19H19N3O3. The van der Waals surface area contributed by atoms with E-state index in [1.807, 2.05) is 25.1 Å². The van der Waals surface area contributed by atoms with Crippen molar-refractivity contribution < 1.29 is 14.0 Å². The van der Waals surface area contributed by atoms with Gasteiger partial charge in [0.2, 0.25) is 0 Å². The second-order valence-electron chi connectivity index (χ2n) is 6.50. The van der Waals surface area contributed by atoms with E-state index in [0.29, 0.717) is 24.3 Å². The summed E-state index contributed by atoms with van der Waals surface area (Å²) in [5.41, 5.74) is 3.20. The molecule has 0 aliphatic carbocycles. The van der Waals surface area contributed by atoms with Crippen molar-refractivity contribution in [2.75, 3.05) is 13.1 Å². The van der Waals surface area contributed by atoms with Crippen LogP contribution in [0.15, 0.2) is 47.3 Å². The number of H-pyrrole nitrogens is 1. The van der Waals surface area contributed by atoms with Crippen LogP contribution < -0.4 is 5.32 Å². The fourth-order valence-electron chi connectivity index (χ4n) is 3.26. The molecule has 1 saturated heterocycles. The van der Waals surface area contributed by atoms with Crippen LogP contribution in [0.2, 0.25) is 0 Å². The van der Waals surface area contributed by atoms with Crippen molar-refractivity contribution in [3.8, 4) is 0 Å². The number of likely N-dealkylation sites (tertiary alicyclic amines) is 1. The van der Waals surface area contributed by atoms with Crippen molar-refractivity contribution in [1.29, 1.82) is 0 Å². The number of hydrogen-bond acceptors (Lipinski definition) is 3. The summed E-state index contributed by atoms with van der Waals surface area (Å²) in [6, 6.07) is 9.53. The van der Waals surface area contributed by atoms with Crippen LogP contribution in [0.4, 0.5) is 0 Å². The Balaban J connectivity index is 1.43. The first-order valence-electron chi connectivity index (χ1n) is 8.32. The number of nitrogens with zero attached hydrogens (tertiary/aromatic N) is 1. The smallest absolute Gasteiger partial charge is 0.270 e. The van der Waals surface area contributed by atoms with E-state index in [1.54, 1.807) is 11.0 Å². The molecule has 0 radical (unpaired) electrons. The SMILES string of the molecule is Cc1ccc2[nH]c(C(=O)N3CC[C@H](NC(=O)c4ccoc4)C3)cc2c1. The van der Waals surface area contributed by atoms with Crippen LogP contribution in [0.5, 0.6) is 0 Å². The number of furan rings is 1. The predicted octanol–water partition coefficient (Wildman–Crippen LogP) is 2.71. The number of hydrogen-bond donors (Lipinski definition) is 2. The molecule has 2 aromatic heterocycles.